The predicted molar refractivity (Wildman–Crippen MR) is 68.2 cm³/mol. The Hall–Kier alpha value is -1.60. The summed E-state index contributed by atoms with van der Waals surface area (Å²) in [6.07, 6.45) is -2.66. The zero-order chi connectivity index (χ0) is 14.8. The molecular formula is C13H11F3N2OS. The van der Waals surface area contributed by atoms with Crippen LogP contribution in [0.4, 0.5) is 13.2 Å². The number of rotatable bonds is 3. The molecule has 0 saturated heterocycles. The van der Waals surface area contributed by atoms with Crippen LogP contribution in [-0.2, 0) is 6.18 Å². The van der Waals surface area contributed by atoms with E-state index in [-0.39, 0.29) is 0 Å². The Morgan fingerprint density at radius 1 is 1.05 bits per heavy atom. The van der Waals surface area contributed by atoms with E-state index in [1.807, 2.05) is 0 Å². The lowest BCUT2D eigenvalue weighted by Gasteiger charge is -2.07. The first kappa shape index (κ1) is 14.8. The van der Waals surface area contributed by atoms with Crippen molar-refractivity contribution in [1.29, 1.82) is 0 Å². The zero-order valence-corrected chi connectivity index (χ0v) is 11.2. The highest BCUT2D eigenvalue weighted by Crippen LogP contribution is 2.31. The van der Waals surface area contributed by atoms with Crippen molar-refractivity contribution in [3.63, 3.8) is 0 Å². The van der Waals surface area contributed by atoms with Crippen molar-refractivity contribution in [2.24, 2.45) is 0 Å². The second-order valence-electron chi connectivity index (χ2n) is 4.09. The van der Waals surface area contributed by atoms with Crippen molar-refractivity contribution >= 4 is 11.8 Å². The fraction of sp³-hybridized carbons (Fsp3) is 0.231. The van der Waals surface area contributed by atoms with Crippen molar-refractivity contribution in [1.82, 2.24) is 9.97 Å². The number of aromatic nitrogens is 2. The van der Waals surface area contributed by atoms with Crippen molar-refractivity contribution in [3.8, 4) is 0 Å². The van der Waals surface area contributed by atoms with E-state index in [0.29, 0.717) is 15.6 Å². The van der Waals surface area contributed by atoms with Gasteiger partial charge in [0, 0.05) is 12.4 Å². The average Bonchev–Trinajstić information content (AvgIpc) is 2.39. The van der Waals surface area contributed by atoms with Crippen LogP contribution in [0, 0.1) is 0 Å². The first-order valence-electron chi connectivity index (χ1n) is 5.71. The van der Waals surface area contributed by atoms with E-state index >= 15 is 0 Å². The molecule has 0 fully saturated rings. The summed E-state index contributed by atoms with van der Waals surface area (Å²) in [5.74, 6) is 0. The Labute approximate surface area is 117 Å². The Bertz CT molecular complexity index is 568. The number of nitrogens with zero attached hydrogens (tertiary/aromatic N) is 2. The zero-order valence-electron chi connectivity index (χ0n) is 10.4. The molecule has 2 rings (SSSR count). The standard InChI is InChI=1S/C13H11F3N2OS/c1-8(19)9-2-4-11(17-6-9)20-12-5-3-10(7-18-12)13(14,15)16/h2-8,19H,1H3. The van der Waals surface area contributed by atoms with Gasteiger partial charge in [0.25, 0.3) is 0 Å². The topological polar surface area (TPSA) is 46.0 Å². The summed E-state index contributed by atoms with van der Waals surface area (Å²) < 4.78 is 37.2. The van der Waals surface area contributed by atoms with E-state index in [0.717, 1.165) is 24.0 Å². The van der Waals surface area contributed by atoms with E-state index < -0.39 is 17.8 Å². The smallest absolute Gasteiger partial charge is 0.389 e. The van der Waals surface area contributed by atoms with Crippen LogP contribution < -0.4 is 0 Å². The molecule has 2 aromatic rings. The number of pyridine rings is 2. The van der Waals surface area contributed by atoms with Gasteiger partial charge in [0.2, 0.25) is 0 Å². The molecule has 20 heavy (non-hydrogen) atoms. The number of halogens is 3. The lowest BCUT2D eigenvalue weighted by molar-refractivity contribution is -0.137. The number of hydrogen-bond donors (Lipinski definition) is 1. The number of aliphatic hydroxyl groups is 1. The molecule has 1 unspecified atom stereocenters. The molecule has 0 aliphatic heterocycles. The Balaban J connectivity index is 2.10. The minimum Gasteiger partial charge on any atom is -0.389 e. The molecule has 0 amide bonds. The van der Waals surface area contributed by atoms with Gasteiger partial charge in [-0.05, 0) is 30.7 Å². The van der Waals surface area contributed by atoms with E-state index in [2.05, 4.69) is 9.97 Å². The molecule has 2 aromatic heterocycles. The van der Waals surface area contributed by atoms with Gasteiger partial charge in [0.15, 0.2) is 0 Å². The molecule has 1 atom stereocenters. The number of alkyl halides is 3. The van der Waals surface area contributed by atoms with Gasteiger partial charge in [0.1, 0.15) is 10.1 Å². The van der Waals surface area contributed by atoms with Gasteiger partial charge in [0.05, 0.1) is 11.7 Å². The van der Waals surface area contributed by atoms with E-state index in [9.17, 15) is 18.3 Å². The Morgan fingerprint density at radius 2 is 1.65 bits per heavy atom. The van der Waals surface area contributed by atoms with Crippen LogP contribution >= 0.6 is 11.8 Å². The normalized spacial score (nSPS) is 13.2. The van der Waals surface area contributed by atoms with E-state index in [4.69, 9.17) is 0 Å². The Kier molecular flexibility index (Phi) is 4.29. The summed E-state index contributed by atoms with van der Waals surface area (Å²) in [5.41, 5.74) is -0.103. The van der Waals surface area contributed by atoms with Gasteiger partial charge < -0.3 is 5.11 Å². The molecule has 106 valence electrons. The average molecular weight is 300 g/mol. The molecule has 0 bridgehead atoms. The highest BCUT2D eigenvalue weighted by atomic mass is 32.2. The second-order valence-corrected chi connectivity index (χ2v) is 5.13. The van der Waals surface area contributed by atoms with Crippen molar-refractivity contribution < 1.29 is 18.3 Å². The predicted octanol–water partition coefficient (Wildman–Crippen LogP) is 3.70. The van der Waals surface area contributed by atoms with Gasteiger partial charge >= 0.3 is 6.18 Å². The summed E-state index contributed by atoms with van der Waals surface area (Å²) >= 11 is 1.16. The minimum absolute atomic E-state index is 0.426. The van der Waals surface area contributed by atoms with Gasteiger partial charge in [-0.15, -0.1) is 0 Å². The first-order chi connectivity index (χ1) is 9.36. The van der Waals surface area contributed by atoms with Crippen LogP contribution in [0.3, 0.4) is 0 Å². The van der Waals surface area contributed by atoms with Crippen molar-refractivity contribution in [2.45, 2.75) is 29.3 Å². The van der Waals surface area contributed by atoms with Crippen molar-refractivity contribution in [3.05, 3.63) is 47.8 Å². The molecule has 0 aliphatic rings. The molecule has 0 radical (unpaired) electrons. The van der Waals surface area contributed by atoms with E-state index in [1.165, 1.54) is 12.3 Å². The minimum atomic E-state index is -4.38. The second kappa shape index (κ2) is 5.80. The fourth-order valence-electron chi connectivity index (χ4n) is 1.41. The lowest BCUT2D eigenvalue weighted by Crippen LogP contribution is -2.05. The Morgan fingerprint density at radius 3 is 2.05 bits per heavy atom. The van der Waals surface area contributed by atoms with Crippen LogP contribution in [0.15, 0.2) is 46.7 Å². The SMILES string of the molecule is CC(O)c1ccc(Sc2ccc(C(F)(F)F)cn2)nc1. The molecule has 7 heteroatoms. The van der Waals surface area contributed by atoms with Crippen LogP contribution in [0.1, 0.15) is 24.2 Å². The molecule has 0 saturated carbocycles. The third kappa shape index (κ3) is 3.71. The molecule has 2 heterocycles. The quantitative estimate of drug-likeness (QED) is 0.939. The largest absolute Gasteiger partial charge is 0.417 e. The molecule has 0 aromatic carbocycles. The van der Waals surface area contributed by atoms with Crippen LogP contribution in [0.2, 0.25) is 0 Å². The van der Waals surface area contributed by atoms with Crippen LogP contribution in [0.25, 0.3) is 0 Å². The van der Waals surface area contributed by atoms with E-state index in [1.54, 1.807) is 19.1 Å². The maximum Gasteiger partial charge on any atom is 0.417 e. The molecule has 1 N–H and O–H groups in total. The summed E-state index contributed by atoms with van der Waals surface area (Å²) in [6, 6.07) is 5.69. The molecular weight excluding hydrogens is 289 g/mol. The highest BCUT2D eigenvalue weighted by Gasteiger charge is 2.30. The van der Waals surface area contributed by atoms with Gasteiger partial charge in [-0.1, -0.05) is 17.8 Å². The summed E-state index contributed by atoms with van der Waals surface area (Å²) in [6.45, 7) is 1.63. The van der Waals surface area contributed by atoms with Crippen molar-refractivity contribution in [2.75, 3.05) is 0 Å². The van der Waals surface area contributed by atoms with Gasteiger partial charge in [-0.3, -0.25) is 0 Å². The van der Waals surface area contributed by atoms with Crippen LogP contribution in [-0.4, -0.2) is 15.1 Å². The third-order valence-corrected chi connectivity index (χ3v) is 3.42. The molecule has 0 aliphatic carbocycles. The monoisotopic (exact) mass is 300 g/mol. The molecule has 0 spiro atoms. The summed E-state index contributed by atoms with van der Waals surface area (Å²) in [5, 5.41) is 10.4. The fourth-order valence-corrected chi connectivity index (χ4v) is 2.11. The lowest BCUT2D eigenvalue weighted by atomic mass is 10.2. The first-order valence-corrected chi connectivity index (χ1v) is 6.53. The summed E-state index contributed by atoms with van der Waals surface area (Å²) in [7, 11) is 0. The van der Waals surface area contributed by atoms with Crippen LogP contribution in [0.5, 0.6) is 0 Å². The highest BCUT2D eigenvalue weighted by molar-refractivity contribution is 7.99. The number of aliphatic hydroxyl groups excluding tert-OH is 1. The molecule has 3 nitrogen and oxygen atoms in total. The number of hydrogen-bond acceptors (Lipinski definition) is 4. The van der Waals surface area contributed by atoms with Gasteiger partial charge in [-0.25, -0.2) is 9.97 Å². The third-order valence-electron chi connectivity index (χ3n) is 2.51. The summed E-state index contributed by atoms with van der Waals surface area (Å²) in [4.78, 5) is 7.86. The maximum absolute atomic E-state index is 12.4. The van der Waals surface area contributed by atoms with Gasteiger partial charge in [-0.2, -0.15) is 13.2 Å². The maximum atomic E-state index is 12.4.